The third-order valence-electron chi connectivity index (χ3n) is 1.47. The van der Waals surface area contributed by atoms with E-state index in [2.05, 4.69) is 16.9 Å². The molecule has 1 aromatic rings. The van der Waals surface area contributed by atoms with E-state index in [1.165, 1.54) is 0 Å². The van der Waals surface area contributed by atoms with Crippen LogP contribution < -0.4 is 10.1 Å². The molecular formula is C10H14N2O. The van der Waals surface area contributed by atoms with E-state index in [-0.39, 0.29) is 0 Å². The van der Waals surface area contributed by atoms with Gasteiger partial charge in [0.1, 0.15) is 12.4 Å². The molecule has 0 bridgehead atoms. The Kier molecular flexibility index (Phi) is 4.64. The SMILES string of the molecule is C=CCNCCOc1cccnc1. The van der Waals surface area contributed by atoms with Crippen LogP contribution in [0, 0.1) is 0 Å². The first-order valence-electron chi connectivity index (χ1n) is 4.28. The molecule has 3 heteroatoms. The maximum absolute atomic E-state index is 5.39. The molecule has 1 aromatic heterocycles. The van der Waals surface area contributed by atoms with E-state index in [1.807, 2.05) is 18.2 Å². The van der Waals surface area contributed by atoms with Gasteiger partial charge in [0.05, 0.1) is 6.20 Å². The van der Waals surface area contributed by atoms with E-state index in [0.717, 1.165) is 18.8 Å². The molecule has 1 N–H and O–H groups in total. The second-order valence-electron chi connectivity index (χ2n) is 2.53. The highest BCUT2D eigenvalue weighted by atomic mass is 16.5. The van der Waals surface area contributed by atoms with Crippen molar-refractivity contribution in [1.82, 2.24) is 10.3 Å². The molecule has 0 amide bonds. The monoisotopic (exact) mass is 178 g/mol. The summed E-state index contributed by atoms with van der Waals surface area (Å²) < 4.78 is 5.39. The summed E-state index contributed by atoms with van der Waals surface area (Å²) in [4.78, 5) is 3.94. The molecule has 3 nitrogen and oxygen atoms in total. The fraction of sp³-hybridized carbons (Fsp3) is 0.300. The molecule has 0 spiro atoms. The summed E-state index contributed by atoms with van der Waals surface area (Å²) in [5, 5.41) is 3.14. The van der Waals surface area contributed by atoms with E-state index in [4.69, 9.17) is 4.74 Å². The van der Waals surface area contributed by atoms with Gasteiger partial charge in [0, 0.05) is 19.3 Å². The third-order valence-corrected chi connectivity index (χ3v) is 1.47. The van der Waals surface area contributed by atoms with Gasteiger partial charge in [0.25, 0.3) is 0 Å². The van der Waals surface area contributed by atoms with Gasteiger partial charge in [-0.05, 0) is 12.1 Å². The highest BCUT2D eigenvalue weighted by molar-refractivity contribution is 5.15. The Morgan fingerprint density at radius 2 is 2.54 bits per heavy atom. The molecule has 13 heavy (non-hydrogen) atoms. The van der Waals surface area contributed by atoms with Crippen molar-refractivity contribution in [3.05, 3.63) is 37.2 Å². The van der Waals surface area contributed by atoms with Crippen molar-refractivity contribution in [3.63, 3.8) is 0 Å². The second kappa shape index (κ2) is 6.20. The van der Waals surface area contributed by atoms with Crippen molar-refractivity contribution >= 4 is 0 Å². The normalized spacial score (nSPS) is 9.54. The standard InChI is InChI=1S/C10H14N2O/c1-2-5-11-7-8-13-10-4-3-6-12-9-10/h2-4,6,9,11H,1,5,7-8H2. The molecule has 0 atom stereocenters. The van der Waals surface area contributed by atoms with Crippen LogP contribution in [0.3, 0.4) is 0 Å². The van der Waals surface area contributed by atoms with Crippen LogP contribution >= 0.6 is 0 Å². The molecule has 70 valence electrons. The lowest BCUT2D eigenvalue weighted by Crippen LogP contribution is -2.20. The average Bonchev–Trinajstić information content (AvgIpc) is 2.19. The van der Waals surface area contributed by atoms with E-state index in [9.17, 15) is 0 Å². The van der Waals surface area contributed by atoms with Crippen molar-refractivity contribution in [2.45, 2.75) is 0 Å². The van der Waals surface area contributed by atoms with E-state index in [1.54, 1.807) is 12.4 Å². The number of aromatic nitrogens is 1. The van der Waals surface area contributed by atoms with E-state index >= 15 is 0 Å². The van der Waals surface area contributed by atoms with Gasteiger partial charge in [-0.3, -0.25) is 4.98 Å². The Morgan fingerprint density at radius 1 is 1.62 bits per heavy atom. The first-order valence-corrected chi connectivity index (χ1v) is 4.28. The van der Waals surface area contributed by atoms with Crippen molar-refractivity contribution in [3.8, 4) is 5.75 Å². The number of rotatable bonds is 6. The quantitative estimate of drug-likeness (QED) is 0.525. The number of hydrogen-bond acceptors (Lipinski definition) is 3. The maximum Gasteiger partial charge on any atom is 0.137 e. The summed E-state index contributed by atoms with van der Waals surface area (Å²) in [6, 6.07) is 3.74. The van der Waals surface area contributed by atoms with Crippen molar-refractivity contribution in [2.24, 2.45) is 0 Å². The minimum Gasteiger partial charge on any atom is -0.491 e. The van der Waals surface area contributed by atoms with Gasteiger partial charge in [-0.15, -0.1) is 6.58 Å². The summed E-state index contributed by atoms with van der Waals surface area (Å²) in [5.41, 5.74) is 0. The Balaban J connectivity index is 2.10. The summed E-state index contributed by atoms with van der Waals surface area (Å²) in [5.74, 6) is 0.808. The molecule has 0 radical (unpaired) electrons. The predicted molar refractivity (Wildman–Crippen MR) is 52.8 cm³/mol. The molecule has 0 saturated carbocycles. The summed E-state index contributed by atoms with van der Waals surface area (Å²) in [6.45, 7) is 5.89. The summed E-state index contributed by atoms with van der Waals surface area (Å²) in [7, 11) is 0. The third kappa shape index (κ3) is 4.28. The van der Waals surface area contributed by atoms with Crippen LogP contribution in [0.1, 0.15) is 0 Å². The number of ether oxygens (including phenoxy) is 1. The molecule has 0 unspecified atom stereocenters. The van der Waals surface area contributed by atoms with Crippen LogP contribution in [-0.2, 0) is 0 Å². The number of hydrogen-bond donors (Lipinski definition) is 1. The van der Waals surface area contributed by atoms with Crippen molar-refractivity contribution < 1.29 is 4.74 Å². The van der Waals surface area contributed by atoms with E-state index < -0.39 is 0 Å². The average molecular weight is 178 g/mol. The number of pyridine rings is 1. The van der Waals surface area contributed by atoms with Gasteiger partial charge in [0.2, 0.25) is 0 Å². The highest BCUT2D eigenvalue weighted by Crippen LogP contribution is 2.04. The fourth-order valence-corrected chi connectivity index (χ4v) is 0.878. The molecule has 0 aliphatic heterocycles. The molecule has 0 aliphatic rings. The predicted octanol–water partition coefficient (Wildman–Crippen LogP) is 1.24. The van der Waals surface area contributed by atoms with Crippen LogP contribution in [0.25, 0.3) is 0 Å². The Labute approximate surface area is 78.4 Å². The number of nitrogens with zero attached hydrogens (tertiary/aromatic N) is 1. The van der Waals surface area contributed by atoms with Gasteiger partial charge in [-0.2, -0.15) is 0 Å². The molecule has 0 aromatic carbocycles. The zero-order valence-electron chi connectivity index (χ0n) is 7.57. The zero-order valence-corrected chi connectivity index (χ0v) is 7.57. The molecular weight excluding hydrogens is 164 g/mol. The second-order valence-corrected chi connectivity index (χ2v) is 2.53. The lowest BCUT2D eigenvalue weighted by atomic mass is 10.5. The zero-order chi connectivity index (χ0) is 9.36. The van der Waals surface area contributed by atoms with Gasteiger partial charge in [-0.25, -0.2) is 0 Å². The minimum absolute atomic E-state index is 0.652. The molecule has 1 rings (SSSR count). The molecule has 0 fully saturated rings. The first-order chi connectivity index (χ1) is 6.43. The van der Waals surface area contributed by atoms with Crippen LogP contribution in [-0.4, -0.2) is 24.7 Å². The Morgan fingerprint density at radius 3 is 3.23 bits per heavy atom. The molecule has 0 saturated heterocycles. The fourth-order valence-electron chi connectivity index (χ4n) is 0.878. The maximum atomic E-state index is 5.39. The smallest absolute Gasteiger partial charge is 0.137 e. The lowest BCUT2D eigenvalue weighted by molar-refractivity contribution is 0.315. The summed E-state index contributed by atoms with van der Waals surface area (Å²) in [6.07, 6.45) is 5.25. The minimum atomic E-state index is 0.652. The van der Waals surface area contributed by atoms with Crippen LogP contribution in [0.5, 0.6) is 5.75 Å². The van der Waals surface area contributed by atoms with Gasteiger partial charge in [-0.1, -0.05) is 6.08 Å². The van der Waals surface area contributed by atoms with Crippen molar-refractivity contribution in [2.75, 3.05) is 19.7 Å². The summed E-state index contributed by atoms with van der Waals surface area (Å²) >= 11 is 0. The Hall–Kier alpha value is -1.35. The van der Waals surface area contributed by atoms with E-state index in [0.29, 0.717) is 6.61 Å². The largest absolute Gasteiger partial charge is 0.491 e. The topological polar surface area (TPSA) is 34.1 Å². The Bertz CT molecular complexity index is 236. The van der Waals surface area contributed by atoms with Gasteiger partial charge < -0.3 is 10.1 Å². The van der Waals surface area contributed by atoms with Gasteiger partial charge in [0.15, 0.2) is 0 Å². The van der Waals surface area contributed by atoms with Crippen LogP contribution in [0.2, 0.25) is 0 Å². The number of nitrogens with one attached hydrogen (secondary N) is 1. The van der Waals surface area contributed by atoms with Crippen molar-refractivity contribution in [1.29, 1.82) is 0 Å². The van der Waals surface area contributed by atoms with Gasteiger partial charge >= 0.3 is 0 Å². The molecule has 1 heterocycles. The highest BCUT2D eigenvalue weighted by Gasteiger charge is 1.90. The lowest BCUT2D eigenvalue weighted by Gasteiger charge is -2.04. The van der Waals surface area contributed by atoms with Crippen LogP contribution in [0.15, 0.2) is 37.2 Å². The first kappa shape index (κ1) is 9.74. The molecule has 0 aliphatic carbocycles. The van der Waals surface area contributed by atoms with Crippen LogP contribution in [0.4, 0.5) is 0 Å².